The van der Waals surface area contributed by atoms with Crippen LogP contribution in [0.5, 0.6) is 0 Å². The number of fused-ring (bicyclic) bond motifs is 2. The van der Waals surface area contributed by atoms with E-state index in [4.69, 9.17) is 14.9 Å². The molecule has 0 bridgehead atoms. The highest BCUT2D eigenvalue weighted by Crippen LogP contribution is 2.49. The van der Waals surface area contributed by atoms with Crippen molar-refractivity contribution in [3.05, 3.63) is 76.0 Å². The lowest BCUT2D eigenvalue weighted by Gasteiger charge is -2.37. The number of hydrogen-bond donors (Lipinski definition) is 1. The average molecular weight is 393 g/mol. The van der Waals surface area contributed by atoms with Gasteiger partial charge in [0.1, 0.15) is 16.6 Å². The summed E-state index contributed by atoms with van der Waals surface area (Å²) in [5.41, 5.74) is 6.99. The second kappa shape index (κ2) is 6.94. The molecule has 8 heteroatoms. The Morgan fingerprint density at radius 3 is 2.82 bits per heavy atom. The van der Waals surface area contributed by atoms with Gasteiger partial charge in [0.15, 0.2) is 0 Å². The summed E-state index contributed by atoms with van der Waals surface area (Å²) in [7, 11) is 0. The van der Waals surface area contributed by atoms with Gasteiger partial charge in [-0.15, -0.1) is 0 Å². The number of furan rings is 1. The minimum absolute atomic E-state index is 0.0189. The van der Waals surface area contributed by atoms with Gasteiger partial charge in [0, 0.05) is 4.90 Å². The normalized spacial score (nSPS) is 18.5. The standard InChI is InChI=1S/C20H15N3O4S/c1-2-26-20(25)16-15(13-7-5-9-27-13)12(10-21)19-23(17(16)22)18(24)11-6-3-4-8-14(11)28-19/h3-9,15H,2,22H2,1H3. The molecule has 4 rings (SSSR count). The molecule has 2 N–H and O–H groups in total. The second-order valence-electron chi connectivity index (χ2n) is 6.04. The van der Waals surface area contributed by atoms with Crippen molar-refractivity contribution in [1.82, 2.24) is 4.90 Å². The summed E-state index contributed by atoms with van der Waals surface area (Å²) in [5.74, 6) is -1.61. The third kappa shape index (κ3) is 2.60. The van der Waals surface area contributed by atoms with E-state index in [-0.39, 0.29) is 23.6 Å². The molecule has 0 aliphatic carbocycles. The monoisotopic (exact) mass is 393 g/mol. The first-order valence-corrected chi connectivity index (χ1v) is 9.35. The Bertz CT molecular complexity index is 1080. The van der Waals surface area contributed by atoms with E-state index in [1.165, 1.54) is 22.9 Å². The number of nitrogens with zero attached hydrogens (tertiary/aromatic N) is 2. The van der Waals surface area contributed by atoms with Crippen LogP contribution in [-0.4, -0.2) is 23.4 Å². The molecule has 140 valence electrons. The molecular weight excluding hydrogens is 378 g/mol. The molecule has 2 aromatic rings. The molecule has 0 saturated carbocycles. The molecule has 2 aliphatic rings. The first-order chi connectivity index (χ1) is 13.6. The highest BCUT2D eigenvalue weighted by atomic mass is 32.2. The molecule has 0 spiro atoms. The lowest BCUT2D eigenvalue weighted by Crippen LogP contribution is -2.42. The first kappa shape index (κ1) is 17.9. The Labute approximate surface area is 165 Å². The molecule has 3 heterocycles. The van der Waals surface area contributed by atoms with Crippen molar-refractivity contribution < 1.29 is 18.7 Å². The second-order valence-corrected chi connectivity index (χ2v) is 7.07. The maximum Gasteiger partial charge on any atom is 0.338 e. The number of carbonyl (C=O) groups excluding carboxylic acids is 2. The van der Waals surface area contributed by atoms with E-state index < -0.39 is 17.8 Å². The molecule has 1 unspecified atom stereocenters. The number of thioether (sulfide) groups is 1. The Morgan fingerprint density at radius 2 is 2.14 bits per heavy atom. The van der Waals surface area contributed by atoms with Crippen molar-refractivity contribution in [3.8, 4) is 6.07 Å². The van der Waals surface area contributed by atoms with Gasteiger partial charge >= 0.3 is 5.97 Å². The van der Waals surface area contributed by atoms with Crippen LogP contribution in [0.2, 0.25) is 0 Å². The van der Waals surface area contributed by atoms with Crippen LogP contribution in [0, 0.1) is 11.3 Å². The fraction of sp³-hybridized carbons (Fsp3) is 0.150. The molecule has 0 fully saturated rings. The summed E-state index contributed by atoms with van der Waals surface area (Å²) in [6, 6.07) is 12.5. The van der Waals surface area contributed by atoms with E-state index in [1.54, 1.807) is 37.3 Å². The number of hydrogen-bond acceptors (Lipinski definition) is 7. The summed E-state index contributed by atoms with van der Waals surface area (Å²) >= 11 is 1.26. The topological polar surface area (TPSA) is 110 Å². The minimum atomic E-state index is -0.851. The van der Waals surface area contributed by atoms with Crippen molar-refractivity contribution in [2.45, 2.75) is 17.7 Å². The summed E-state index contributed by atoms with van der Waals surface area (Å²) in [4.78, 5) is 27.8. The van der Waals surface area contributed by atoms with E-state index in [1.807, 2.05) is 6.07 Å². The Morgan fingerprint density at radius 1 is 1.36 bits per heavy atom. The molecule has 1 aromatic heterocycles. The molecule has 1 aromatic carbocycles. The van der Waals surface area contributed by atoms with Crippen molar-refractivity contribution in [1.29, 1.82) is 5.26 Å². The van der Waals surface area contributed by atoms with Gasteiger partial charge in [-0.3, -0.25) is 9.69 Å². The molecule has 1 atom stereocenters. The van der Waals surface area contributed by atoms with Crippen LogP contribution in [-0.2, 0) is 9.53 Å². The quantitative estimate of drug-likeness (QED) is 0.798. The Balaban J connectivity index is 1.98. The average Bonchev–Trinajstić information content (AvgIpc) is 3.22. The van der Waals surface area contributed by atoms with Gasteiger partial charge in [-0.05, 0) is 31.2 Å². The summed E-state index contributed by atoms with van der Waals surface area (Å²) in [5, 5.41) is 10.3. The van der Waals surface area contributed by atoms with Gasteiger partial charge in [0.05, 0.1) is 41.6 Å². The van der Waals surface area contributed by atoms with Crippen LogP contribution in [0.1, 0.15) is 29.0 Å². The molecule has 0 radical (unpaired) electrons. The first-order valence-electron chi connectivity index (χ1n) is 8.54. The number of amides is 1. The smallest absolute Gasteiger partial charge is 0.338 e. The minimum Gasteiger partial charge on any atom is -0.468 e. The largest absolute Gasteiger partial charge is 0.468 e. The molecule has 1 amide bonds. The van der Waals surface area contributed by atoms with E-state index >= 15 is 0 Å². The van der Waals surface area contributed by atoms with Crippen LogP contribution in [0.15, 0.2) is 74.0 Å². The van der Waals surface area contributed by atoms with Crippen molar-refractivity contribution in [2.24, 2.45) is 5.73 Å². The SMILES string of the molecule is CCOC(=O)C1=C(N)N2C(=O)c3ccccc3SC2=C(C#N)C1c1ccco1. The van der Waals surface area contributed by atoms with Gasteiger partial charge in [-0.25, -0.2) is 4.79 Å². The zero-order chi connectivity index (χ0) is 19.8. The third-order valence-corrected chi connectivity index (χ3v) is 5.67. The maximum atomic E-state index is 13.1. The van der Waals surface area contributed by atoms with Gasteiger partial charge in [0.25, 0.3) is 5.91 Å². The molecule has 28 heavy (non-hydrogen) atoms. The Hall–Kier alpha value is -3.44. The number of nitriles is 1. The number of allylic oxidation sites excluding steroid dienone is 1. The lowest BCUT2D eigenvalue weighted by atomic mass is 9.86. The fourth-order valence-corrected chi connectivity index (χ4v) is 4.48. The highest BCUT2D eigenvalue weighted by Gasteiger charge is 2.45. The maximum absolute atomic E-state index is 13.1. The fourth-order valence-electron chi connectivity index (χ4n) is 3.31. The van der Waals surface area contributed by atoms with Gasteiger partial charge < -0.3 is 14.9 Å². The molecule has 0 saturated heterocycles. The zero-order valence-electron chi connectivity index (χ0n) is 14.8. The number of carbonyl (C=O) groups is 2. The van der Waals surface area contributed by atoms with Crippen LogP contribution in [0.25, 0.3) is 0 Å². The van der Waals surface area contributed by atoms with Crippen molar-refractivity contribution >= 4 is 23.6 Å². The van der Waals surface area contributed by atoms with Crippen molar-refractivity contribution in [3.63, 3.8) is 0 Å². The van der Waals surface area contributed by atoms with E-state index in [9.17, 15) is 14.9 Å². The van der Waals surface area contributed by atoms with Crippen LogP contribution < -0.4 is 5.73 Å². The van der Waals surface area contributed by atoms with Crippen LogP contribution in [0.4, 0.5) is 0 Å². The molecular formula is C20H15N3O4S. The number of esters is 1. The van der Waals surface area contributed by atoms with Gasteiger partial charge in [0.2, 0.25) is 0 Å². The summed E-state index contributed by atoms with van der Waals surface area (Å²) in [6.07, 6.45) is 1.45. The predicted octanol–water partition coefficient (Wildman–Crippen LogP) is 3.09. The summed E-state index contributed by atoms with van der Waals surface area (Å²) < 4.78 is 10.7. The third-order valence-electron chi connectivity index (χ3n) is 4.50. The molecule has 2 aliphatic heterocycles. The molecule has 7 nitrogen and oxygen atoms in total. The zero-order valence-corrected chi connectivity index (χ0v) is 15.7. The van der Waals surface area contributed by atoms with Crippen molar-refractivity contribution in [2.75, 3.05) is 6.61 Å². The van der Waals surface area contributed by atoms with Gasteiger partial charge in [-0.2, -0.15) is 5.26 Å². The number of benzene rings is 1. The number of ether oxygens (including phenoxy) is 1. The van der Waals surface area contributed by atoms with Gasteiger partial charge in [-0.1, -0.05) is 23.9 Å². The summed E-state index contributed by atoms with van der Waals surface area (Å²) in [6.45, 7) is 1.80. The highest BCUT2D eigenvalue weighted by molar-refractivity contribution is 8.03. The number of nitrogens with two attached hydrogens (primary N) is 1. The van der Waals surface area contributed by atoms with Crippen LogP contribution >= 0.6 is 11.8 Å². The number of rotatable bonds is 3. The van der Waals surface area contributed by atoms with E-state index in [2.05, 4.69) is 6.07 Å². The van der Waals surface area contributed by atoms with Crippen LogP contribution in [0.3, 0.4) is 0 Å². The lowest BCUT2D eigenvalue weighted by molar-refractivity contribution is -0.139. The van der Waals surface area contributed by atoms with E-state index in [0.29, 0.717) is 16.4 Å². The predicted molar refractivity (Wildman–Crippen MR) is 100 cm³/mol. The Kier molecular flexibility index (Phi) is 4.45. The van der Waals surface area contributed by atoms with E-state index in [0.717, 1.165) is 4.90 Å².